The van der Waals surface area contributed by atoms with Gasteiger partial charge in [0.2, 0.25) is 5.89 Å². The molecule has 0 unspecified atom stereocenters. The number of piperazine rings is 1. The molecule has 3 rings (SSSR count). The molecule has 0 amide bonds. The summed E-state index contributed by atoms with van der Waals surface area (Å²) in [5.74, 6) is 0.393. The van der Waals surface area contributed by atoms with Crippen LogP contribution >= 0.6 is 0 Å². The molecule has 0 saturated carbocycles. The fourth-order valence-electron chi connectivity index (χ4n) is 2.44. The van der Waals surface area contributed by atoms with Crippen LogP contribution in [0.5, 0.6) is 0 Å². The first-order valence-electron chi connectivity index (χ1n) is 6.99. The van der Waals surface area contributed by atoms with E-state index in [1.165, 1.54) is 6.07 Å². The first-order chi connectivity index (χ1) is 10.3. The summed E-state index contributed by atoms with van der Waals surface area (Å²) in [6.45, 7) is 3.47. The van der Waals surface area contributed by atoms with Crippen molar-refractivity contribution in [2.75, 3.05) is 43.0 Å². The highest BCUT2D eigenvalue weighted by molar-refractivity contribution is 5.49. The Labute approximate surface area is 122 Å². The van der Waals surface area contributed by atoms with Crippen molar-refractivity contribution in [1.29, 1.82) is 0 Å². The van der Waals surface area contributed by atoms with Gasteiger partial charge in [-0.3, -0.25) is 0 Å². The van der Waals surface area contributed by atoms with Crippen LogP contribution in [-0.2, 0) is 6.54 Å². The zero-order valence-corrected chi connectivity index (χ0v) is 11.9. The van der Waals surface area contributed by atoms with E-state index in [2.05, 4.69) is 15.5 Å². The molecule has 1 saturated heterocycles. The third-order valence-electron chi connectivity index (χ3n) is 3.53. The normalized spacial score (nSPS) is 15.5. The van der Waals surface area contributed by atoms with Gasteiger partial charge < -0.3 is 19.5 Å². The number of hydrogen-bond donors (Lipinski definition) is 1. The van der Waals surface area contributed by atoms with E-state index in [4.69, 9.17) is 4.42 Å². The molecule has 0 radical (unpaired) electrons. The molecule has 1 fully saturated rings. The van der Waals surface area contributed by atoms with Crippen molar-refractivity contribution in [2.45, 2.75) is 6.54 Å². The summed E-state index contributed by atoms with van der Waals surface area (Å²) in [6, 6.07) is 7.39. The van der Waals surface area contributed by atoms with Crippen LogP contribution in [-0.4, -0.2) is 43.4 Å². The lowest BCUT2D eigenvalue weighted by molar-refractivity contribution is 0.463. The molecule has 2 heterocycles. The SMILES string of the molecule is CNCc1nnc(N2CCN(c3ccccc3F)CC2)o1. The molecule has 6 nitrogen and oxygen atoms in total. The van der Waals surface area contributed by atoms with E-state index in [1.807, 2.05) is 29.0 Å². The van der Waals surface area contributed by atoms with Gasteiger partial charge in [-0.15, -0.1) is 5.10 Å². The highest BCUT2D eigenvalue weighted by atomic mass is 19.1. The minimum absolute atomic E-state index is 0.181. The van der Waals surface area contributed by atoms with Crippen LogP contribution in [0.15, 0.2) is 28.7 Å². The summed E-state index contributed by atoms with van der Waals surface area (Å²) >= 11 is 0. The van der Waals surface area contributed by atoms with Crippen molar-refractivity contribution >= 4 is 11.7 Å². The van der Waals surface area contributed by atoms with Gasteiger partial charge in [0.05, 0.1) is 12.2 Å². The molecule has 7 heteroatoms. The molecule has 0 spiro atoms. The van der Waals surface area contributed by atoms with Gasteiger partial charge >= 0.3 is 6.01 Å². The molecule has 2 aromatic rings. The average Bonchev–Trinajstić information content (AvgIpc) is 2.97. The Balaban J connectivity index is 1.63. The Morgan fingerprint density at radius 3 is 2.57 bits per heavy atom. The molecule has 0 bridgehead atoms. The van der Waals surface area contributed by atoms with Crippen LogP contribution in [0.3, 0.4) is 0 Å². The maximum Gasteiger partial charge on any atom is 0.318 e. The quantitative estimate of drug-likeness (QED) is 0.915. The van der Waals surface area contributed by atoms with E-state index in [0.29, 0.717) is 24.1 Å². The Morgan fingerprint density at radius 1 is 1.14 bits per heavy atom. The fourth-order valence-corrected chi connectivity index (χ4v) is 2.44. The maximum atomic E-state index is 13.8. The molecule has 1 aliphatic rings. The van der Waals surface area contributed by atoms with Crippen molar-refractivity contribution < 1.29 is 8.81 Å². The number of halogens is 1. The second-order valence-corrected chi connectivity index (χ2v) is 4.93. The fraction of sp³-hybridized carbons (Fsp3) is 0.429. The summed E-state index contributed by atoms with van der Waals surface area (Å²) in [5, 5.41) is 11.0. The van der Waals surface area contributed by atoms with Crippen LogP contribution in [0, 0.1) is 5.82 Å². The van der Waals surface area contributed by atoms with Gasteiger partial charge in [-0.1, -0.05) is 17.2 Å². The van der Waals surface area contributed by atoms with Crippen molar-refractivity contribution in [1.82, 2.24) is 15.5 Å². The van der Waals surface area contributed by atoms with E-state index in [9.17, 15) is 4.39 Å². The van der Waals surface area contributed by atoms with Crippen LogP contribution in [0.25, 0.3) is 0 Å². The standard InChI is InChI=1S/C14H18FN5O/c1-16-10-13-17-18-14(21-13)20-8-6-19(7-9-20)12-5-3-2-4-11(12)15/h2-5,16H,6-10H2,1H3. The molecule has 1 aliphatic heterocycles. The van der Waals surface area contributed by atoms with Gasteiger partial charge in [-0.05, 0) is 19.2 Å². The minimum Gasteiger partial charge on any atom is -0.407 e. The number of nitrogens with one attached hydrogen (secondary N) is 1. The van der Waals surface area contributed by atoms with E-state index in [0.717, 1.165) is 26.2 Å². The lowest BCUT2D eigenvalue weighted by Gasteiger charge is -2.35. The van der Waals surface area contributed by atoms with Gasteiger partial charge in [0.15, 0.2) is 0 Å². The van der Waals surface area contributed by atoms with Crippen LogP contribution in [0.4, 0.5) is 16.1 Å². The van der Waals surface area contributed by atoms with Crippen molar-refractivity contribution in [3.8, 4) is 0 Å². The number of hydrogen-bond acceptors (Lipinski definition) is 6. The molecule has 1 aromatic carbocycles. The second kappa shape index (κ2) is 6.09. The summed E-state index contributed by atoms with van der Waals surface area (Å²) in [5.41, 5.74) is 0.651. The highest BCUT2D eigenvalue weighted by Crippen LogP contribution is 2.22. The van der Waals surface area contributed by atoms with Gasteiger partial charge in [-0.2, -0.15) is 0 Å². The van der Waals surface area contributed by atoms with E-state index >= 15 is 0 Å². The lowest BCUT2D eigenvalue weighted by Crippen LogP contribution is -2.47. The molecular weight excluding hydrogens is 273 g/mol. The average molecular weight is 291 g/mol. The molecule has 1 aromatic heterocycles. The second-order valence-electron chi connectivity index (χ2n) is 4.93. The molecule has 1 N–H and O–H groups in total. The summed E-state index contributed by atoms with van der Waals surface area (Å²) in [6.07, 6.45) is 0. The monoisotopic (exact) mass is 291 g/mol. The Kier molecular flexibility index (Phi) is 4.01. The Morgan fingerprint density at radius 2 is 1.86 bits per heavy atom. The predicted molar refractivity (Wildman–Crippen MR) is 77.9 cm³/mol. The highest BCUT2D eigenvalue weighted by Gasteiger charge is 2.22. The zero-order chi connectivity index (χ0) is 14.7. The number of benzene rings is 1. The number of nitrogens with zero attached hydrogens (tertiary/aromatic N) is 4. The summed E-state index contributed by atoms with van der Waals surface area (Å²) in [4.78, 5) is 4.07. The number of rotatable bonds is 4. The number of para-hydroxylation sites is 1. The molecule has 0 atom stereocenters. The molecular formula is C14H18FN5O. The van der Waals surface area contributed by atoms with Crippen LogP contribution < -0.4 is 15.1 Å². The Hall–Kier alpha value is -2.15. The van der Waals surface area contributed by atoms with Gasteiger partial charge in [0.1, 0.15) is 5.82 Å². The van der Waals surface area contributed by atoms with Crippen molar-refractivity contribution in [3.63, 3.8) is 0 Å². The molecule has 0 aliphatic carbocycles. The van der Waals surface area contributed by atoms with Crippen LogP contribution in [0.1, 0.15) is 5.89 Å². The summed E-state index contributed by atoms with van der Waals surface area (Å²) < 4.78 is 19.4. The first kappa shape index (κ1) is 13.8. The largest absolute Gasteiger partial charge is 0.407 e. The first-order valence-corrected chi connectivity index (χ1v) is 6.99. The van der Waals surface area contributed by atoms with Crippen LogP contribution in [0.2, 0.25) is 0 Å². The Bertz CT molecular complexity index is 595. The van der Waals surface area contributed by atoms with Gasteiger partial charge in [0.25, 0.3) is 0 Å². The smallest absolute Gasteiger partial charge is 0.318 e. The predicted octanol–water partition coefficient (Wildman–Crippen LogP) is 1.25. The molecule has 21 heavy (non-hydrogen) atoms. The molecule has 112 valence electrons. The number of aromatic nitrogens is 2. The maximum absolute atomic E-state index is 13.8. The van der Waals surface area contributed by atoms with E-state index in [-0.39, 0.29) is 5.82 Å². The van der Waals surface area contributed by atoms with E-state index < -0.39 is 0 Å². The third-order valence-corrected chi connectivity index (χ3v) is 3.53. The summed E-state index contributed by atoms with van der Waals surface area (Å²) in [7, 11) is 1.83. The zero-order valence-electron chi connectivity index (χ0n) is 11.9. The van der Waals surface area contributed by atoms with Gasteiger partial charge in [0, 0.05) is 26.2 Å². The van der Waals surface area contributed by atoms with Crippen molar-refractivity contribution in [3.05, 3.63) is 36.0 Å². The van der Waals surface area contributed by atoms with E-state index in [1.54, 1.807) is 6.07 Å². The minimum atomic E-state index is -0.181. The topological polar surface area (TPSA) is 57.4 Å². The number of anilines is 2. The van der Waals surface area contributed by atoms with Crippen molar-refractivity contribution in [2.24, 2.45) is 0 Å². The van der Waals surface area contributed by atoms with Gasteiger partial charge in [-0.25, -0.2) is 4.39 Å². The lowest BCUT2D eigenvalue weighted by atomic mass is 10.2. The third kappa shape index (κ3) is 2.97.